The van der Waals surface area contributed by atoms with Crippen molar-refractivity contribution in [2.24, 2.45) is 0 Å². The van der Waals surface area contributed by atoms with Gasteiger partial charge in [-0.1, -0.05) is 24.3 Å². The summed E-state index contributed by atoms with van der Waals surface area (Å²) in [6, 6.07) is 4.21. The van der Waals surface area contributed by atoms with Crippen molar-refractivity contribution in [3.63, 3.8) is 0 Å². The fourth-order valence-electron chi connectivity index (χ4n) is 3.10. The highest BCUT2D eigenvalue weighted by Gasteiger charge is 2.37. The summed E-state index contributed by atoms with van der Waals surface area (Å²) < 4.78 is 68.4. The zero-order chi connectivity index (χ0) is 25.0. The van der Waals surface area contributed by atoms with E-state index in [2.05, 4.69) is 26.1 Å². The average Bonchev–Trinajstić information content (AvgIpc) is 2.76. The van der Waals surface area contributed by atoms with Gasteiger partial charge in [0.2, 0.25) is 0 Å². The van der Waals surface area contributed by atoms with Gasteiger partial charge in [0.15, 0.2) is 0 Å². The minimum absolute atomic E-state index is 0.0397. The van der Waals surface area contributed by atoms with Crippen molar-refractivity contribution in [1.82, 2.24) is 26.1 Å². The molecule has 3 rings (SSSR count). The van der Waals surface area contributed by atoms with Crippen molar-refractivity contribution >= 4 is 11.9 Å². The van der Waals surface area contributed by atoms with Crippen molar-refractivity contribution in [3.05, 3.63) is 82.9 Å². The molecule has 3 aromatic rings. The third-order valence-electron chi connectivity index (χ3n) is 4.76. The summed E-state index contributed by atoms with van der Waals surface area (Å²) in [4.78, 5) is 31.7. The van der Waals surface area contributed by atoms with Crippen LogP contribution in [0.4, 0.5) is 26.7 Å². The molecule has 3 amide bonds. The topological polar surface area (TPSA) is 96.0 Å². The van der Waals surface area contributed by atoms with E-state index in [9.17, 15) is 31.5 Å². The Hall–Kier alpha value is -4.09. The van der Waals surface area contributed by atoms with Gasteiger partial charge >= 0.3 is 12.2 Å². The zero-order valence-corrected chi connectivity index (χ0v) is 17.8. The number of carbonyl (C=O) groups is 2. The number of halogens is 5. The van der Waals surface area contributed by atoms with Crippen LogP contribution in [0.5, 0.6) is 0 Å². The summed E-state index contributed by atoms with van der Waals surface area (Å²) in [7, 11) is 0. The van der Waals surface area contributed by atoms with Crippen LogP contribution in [0.3, 0.4) is 0 Å². The first-order chi connectivity index (χ1) is 16.0. The Labute approximate surface area is 190 Å². The SMILES string of the molecule is Cc1ncc(C(=O)NNC(=O)N[C@H](C)c2ccc(-c3cccc(F)c3C(F)(F)F)cc2F)cn1. The smallest absolute Gasteiger partial charge is 0.330 e. The second-order valence-corrected chi connectivity index (χ2v) is 7.19. The number of nitrogens with one attached hydrogen (secondary N) is 3. The highest BCUT2D eigenvalue weighted by atomic mass is 19.4. The van der Waals surface area contributed by atoms with Crippen LogP contribution < -0.4 is 16.2 Å². The standard InChI is InChI=1S/C22H18F5N5O2/c1-11(30-21(34)32-31-20(33)14-9-28-12(2)29-10-14)15-7-6-13(8-18(15)24)16-4-3-5-17(23)19(16)22(25,26)27/h3-11H,1-2H3,(H,31,33)(H2,30,32,34)/t11-/m1/s1. The molecule has 0 unspecified atom stereocenters. The number of alkyl halides is 3. The van der Waals surface area contributed by atoms with Crippen molar-refractivity contribution in [2.75, 3.05) is 0 Å². The first-order valence-electron chi connectivity index (χ1n) is 9.78. The lowest BCUT2D eigenvalue weighted by atomic mass is 9.96. The number of amides is 3. The molecule has 0 fully saturated rings. The molecule has 0 bridgehead atoms. The van der Waals surface area contributed by atoms with Crippen LogP contribution in [0.2, 0.25) is 0 Å². The molecule has 1 aromatic heterocycles. The lowest BCUT2D eigenvalue weighted by Gasteiger charge is -2.18. The number of hydrogen-bond acceptors (Lipinski definition) is 4. The first kappa shape index (κ1) is 24.6. The highest BCUT2D eigenvalue weighted by molar-refractivity contribution is 5.94. The summed E-state index contributed by atoms with van der Waals surface area (Å²) in [5.74, 6) is -2.62. The molecule has 0 saturated heterocycles. The lowest BCUT2D eigenvalue weighted by Crippen LogP contribution is -2.47. The van der Waals surface area contributed by atoms with Gasteiger partial charge in [-0.15, -0.1) is 0 Å². The van der Waals surface area contributed by atoms with Gasteiger partial charge in [-0.25, -0.2) is 29.0 Å². The molecule has 0 aliphatic heterocycles. The van der Waals surface area contributed by atoms with E-state index in [1.165, 1.54) is 31.5 Å². The van der Waals surface area contributed by atoms with Crippen molar-refractivity contribution in [1.29, 1.82) is 0 Å². The van der Waals surface area contributed by atoms with Gasteiger partial charge in [0.25, 0.3) is 5.91 Å². The first-order valence-corrected chi connectivity index (χ1v) is 9.78. The monoisotopic (exact) mass is 479 g/mol. The van der Waals surface area contributed by atoms with E-state index in [-0.39, 0.29) is 16.7 Å². The number of hydrogen-bond donors (Lipinski definition) is 3. The van der Waals surface area contributed by atoms with Crippen LogP contribution in [0.15, 0.2) is 48.8 Å². The minimum Gasteiger partial charge on any atom is -0.330 e. The van der Waals surface area contributed by atoms with E-state index in [4.69, 9.17) is 0 Å². The number of hydrazine groups is 1. The van der Waals surface area contributed by atoms with E-state index in [1.807, 2.05) is 0 Å². The predicted molar refractivity (Wildman–Crippen MR) is 111 cm³/mol. The Morgan fingerprint density at radius 2 is 1.65 bits per heavy atom. The Kier molecular flexibility index (Phi) is 7.08. The molecule has 34 heavy (non-hydrogen) atoms. The Balaban J connectivity index is 1.69. The van der Waals surface area contributed by atoms with Gasteiger partial charge in [-0.2, -0.15) is 13.2 Å². The summed E-state index contributed by atoms with van der Waals surface area (Å²) in [6.45, 7) is 3.06. The molecule has 0 aliphatic rings. The maximum atomic E-state index is 14.7. The maximum Gasteiger partial charge on any atom is 0.419 e. The summed E-state index contributed by atoms with van der Waals surface area (Å²) in [5.41, 5.74) is 2.08. The van der Waals surface area contributed by atoms with Gasteiger partial charge in [0.1, 0.15) is 17.5 Å². The minimum atomic E-state index is -4.97. The zero-order valence-electron chi connectivity index (χ0n) is 17.8. The molecule has 178 valence electrons. The Morgan fingerprint density at radius 3 is 2.26 bits per heavy atom. The molecule has 0 aliphatic carbocycles. The quantitative estimate of drug-likeness (QED) is 0.381. The maximum absolute atomic E-state index is 14.7. The van der Waals surface area contributed by atoms with E-state index < -0.39 is 46.9 Å². The second kappa shape index (κ2) is 9.81. The van der Waals surface area contributed by atoms with E-state index >= 15 is 0 Å². The average molecular weight is 479 g/mol. The van der Waals surface area contributed by atoms with Crippen LogP contribution in [0.1, 0.15) is 40.3 Å². The third kappa shape index (κ3) is 5.63. The molecule has 0 spiro atoms. The number of benzene rings is 2. The number of rotatable bonds is 4. The normalized spacial score (nSPS) is 12.1. The molecule has 7 nitrogen and oxygen atoms in total. The number of urea groups is 1. The molecular formula is C22H18F5N5O2. The summed E-state index contributed by atoms with van der Waals surface area (Å²) in [6.07, 6.45) is -2.45. The number of carbonyl (C=O) groups excluding carboxylic acids is 2. The number of nitrogens with zero attached hydrogens (tertiary/aromatic N) is 2. The fourth-order valence-corrected chi connectivity index (χ4v) is 3.10. The number of aryl methyl sites for hydroxylation is 1. The molecule has 12 heteroatoms. The van der Waals surface area contributed by atoms with Gasteiger partial charge in [0.05, 0.1) is 17.2 Å². The van der Waals surface area contributed by atoms with Crippen LogP contribution in [0, 0.1) is 18.6 Å². The number of aromatic nitrogens is 2. The van der Waals surface area contributed by atoms with Crippen LogP contribution in [-0.2, 0) is 6.18 Å². The van der Waals surface area contributed by atoms with Gasteiger partial charge in [-0.3, -0.25) is 10.2 Å². The molecule has 0 saturated carbocycles. The molecule has 3 N–H and O–H groups in total. The molecule has 0 radical (unpaired) electrons. The molecular weight excluding hydrogens is 461 g/mol. The highest BCUT2D eigenvalue weighted by Crippen LogP contribution is 2.39. The van der Waals surface area contributed by atoms with Gasteiger partial charge < -0.3 is 5.32 Å². The Morgan fingerprint density at radius 1 is 0.971 bits per heavy atom. The van der Waals surface area contributed by atoms with E-state index in [0.29, 0.717) is 11.9 Å². The largest absolute Gasteiger partial charge is 0.419 e. The van der Waals surface area contributed by atoms with Crippen LogP contribution >= 0.6 is 0 Å². The Bertz CT molecular complexity index is 1220. The van der Waals surface area contributed by atoms with E-state index in [1.54, 1.807) is 6.92 Å². The summed E-state index contributed by atoms with van der Waals surface area (Å²) >= 11 is 0. The van der Waals surface area contributed by atoms with Crippen LogP contribution in [0.25, 0.3) is 11.1 Å². The van der Waals surface area contributed by atoms with Crippen molar-refractivity contribution in [2.45, 2.75) is 26.1 Å². The summed E-state index contributed by atoms with van der Waals surface area (Å²) in [5, 5.41) is 2.38. The molecule has 1 atom stereocenters. The molecule has 2 aromatic carbocycles. The van der Waals surface area contributed by atoms with Crippen LogP contribution in [-0.4, -0.2) is 21.9 Å². The van der Waals surface area contributed by atoms with Crippen molar-refractivity contribution < 1.29 is 31.5 Å². The van der Waals surface area contributed by atoms with Gasteiger partial charge in [-0.05, 0) is 37.1 Å². The van der Waals surface area contributed by atoms with Gasteiger partial charge in [0, 0.05) is 18.0 Å². The molecule has 1 heterocycles. The van der Waals surface area contributed by atoms with Crippen molar-refractivity contribution in [3.8, 4) is 11.1 Å². The second-order valence-electron chi connectivity index (χ2n) is 7.19. The fraction of sp³-hybridized carbons (Fsp3) is 0.182. The lowest BCUT2D eigenvalue weighted by molar-refractivity contribution is -0.139. The predicted octanol–water partition coefficient (Wildman–Crippen LogP) is 4.45. The third-order valence-corrected chi connectivity index (χ3v) is 4.76. The van der Waals surface area contributed by atoms with E-state index in [0.717, 1.165) is 18.2 Å².